The van der Waals surface area contributed by atoms with Gasteiger partial charge in [-0.2, -0.15) is 0 Å². The summed E-state index contributed by atoms with van der Waals surface area (Å²) in [7, 11) is 0. The van der Waals surface area contributed by atoms with Gasteiger partial charge in [-0.25, -0.2) is 4.79 Å². The monoisotopic (exact) mass is 396 g/mol. The van der Waals surface area contributed by atoms with Crippen LogP contribution in [0.1, 0.15) is 5.56 Å². The van der Waals surface area contributed by atoms with E-state index in [9.17, 15) is 4.79 Å². The maximum absolute atomic E-state index is 13.4. The first-order chi connectivity index (χ1) is 13.1. The summed E-state index contributed by atoms with van der Waals surface area (Å²) in [5.74, 6) is 0. The molecule has 2 aliphatic rings. The summed E-state index contributed by atoms with van der Waals surface area (Å²) in [4.78, 5) is 16.8. The average molecular weight is 397 g/mol. The molecular formula is C21H14Cl2N2O2. The van der Waals surface area contributed by atoms with Crippen LogP contribution in [-0.2, 0) is 10.5 Å². The lowest BCUT2D eigenvalue weighted by Gasteiger charge is -2.27. The first kappa shape index (κ1) is 16.6. The van der Waals surface area contributed by atoms with E-state index in [1.54, 1.807) is 34.1 Å². The molecule has 2 fully saturated rings. The van der Waals surface area contributed by atoms with Crippen LogP contribution < -0.4 is 9.80 Å². The highest BCUT2D eigenvalue weighted by Crippen LogP contribution is 2.58. The Balaban J connectivity index is 1.64. The number of urea groups is 1. The highest BCUT2D eigenvalue weighted by atomic mass is 35.5. The van der Waals surface area contributed by atoms with E-state index in [-0.39, 0.29) is 6.03 Å². The predicted octanol–water partition coefficient (Wildman–Crippen LogP) is 5.65. The third kappa shape index (κ3) is 2.45. The number of rotatable bonds is 3. The molecule has 2 heterocycles. The molecule has 0 aliphatic carbocycles. The van der Waals surface area contributed by atoms with Crippen molar-refractivity contribution in [2.45, 2.75) is 12.0 Å². The van der Waals surface area contributed by atoms with Gasteiger partial charge in [-0.05, 0) is 48.5 Å². The lowest BCUT2D eigenvalue weighted by atomic mass is 10.1. The van der Waals surface area contributed by atoms with Crippen LogP contribution in [-0.4, -0.2) is 12.3 Å². The molecule has 3 aromatic carbocycles. The Morgan fingerprint density at radius 2 is 1.33 bits per heavy atom. The minimum Gasteiger partial charge on any atom is -0.317 e. The highest BCUT2D eigenvalue weighted by Gasteiger charge is 2.74. The van der Waals surface area contributed by atoms with Gasteiger partial charge in [0.25, 0.3) is 0 Å². The molecule has 2 amide bonds. The first-order valence-electron chi connectivity index (χ1n) is 8.49. The van der Waals surface area contributed by atoms with Crippen LogP contribution in [0.5, 0.6) is 0 Å². The third-order valence-electron chi connectivity index (χ3n) is 4.91. The lowest BCUT2D eigenvalue weighted by molar-refractivity contribution is 0.224. The van der Waals surface area contributed by atoms with Crippen molar-refractivity contribution < 1.29 is 9.53 Å². The standard InChI is InChI=1S/C21H14Cl2N2O2/c22-15-6-10-17(11-7-15)24-19-21(27-19,14-4-2-1-3-5-14)25(20(24)26)18-12-8-16(23)9-13-18/h1-13,19H. The van der Waals surface area contributed by atoms with Crippen LogP contribution in [0.2, 0.25) is 10.0 Å². The quantitative estimate of drug-likeness (QED) is 0.536. The number of hydrogen-bond donors (Lipinski definition) is 0. The number of nitrogens with zero attached hydrogens (tertiary/aromatic N) is 2. The van der Waals surface area contributed by atoms with Crippen molar-refractivity contribution >= 4 is 40.6 Å². The molecule has 0 bridgehead atoms. The molecule has 5 rings (SSSR count). The molecule has 0 N–H and O–H groups in total. The number of anilines is 2. The summed E-state index contributed by atoms with van der Waals surface area (Å²) >= 11 is 12.0. The molecule has 0 saturated carbocycles. The maximum atomic E-state index is 13.4. The molecule has 2 atom stereocenters. The second-order valence-corrected chi connectivity index (χ2v) is 7.35. The van der Waals surface area contributed by atoms with Crippen molar-refractivity contribution in [2.75, 3.05) is 9.80 Å². The van der Waals surface area contributed by atoms with Crippen LogP contribution in [0.15, 0.2) is 78.9 Å². The zero-order valence-corrected chi connectivity index (χ0v) is 15.6. The summed E-state index contributed by atoms with van der Waals surface area (Å²) < 4.78 is 6.16. The van der Waals surface area contributed by atoms with Gasteiger partial charge in [0, 0.05) is 27.0 Å². The molecule has 2 saturated heterocycles. The zero-order chi connectivity index (χ0) is 18.6. The number of hydrogen-bond acceptors (Lipinski definition) is 2. The van der Waals surface area contributed by atoms with Crippen molar-refractivity contribution in [3.05, 3.63) is 94.5 Å². The van der Waals surface area contributed by atoms with Gasteiger partial charge < -0.3 is 4.74 Å². The number of benzene rings is 3. The average Bonchev–Trinajstić information content (AvgIpc) is 3.36. The number of epoxide rings is 1. The van der Waals surface area contributed by atoms with Crippen LogP contribution in [0, 0.1) is 0 Å². The van der Waals surface area contributed by atoms with Gasteiger partial charge in [0.15, 0.2) is 6.23 Å². The number of halogens is 2. The summed E-state index contributed by atoms with van der Waals surface area (Å²) in [5, 5.41) is 1.23. The summed E-state index contributed by atoms with van der Waals surface area (Å²) in [5.41, 5.74) is 1.54. The summed E-state index contributed by atoms with van der Waals surface area (Å²) in [6, 6.07) is 24.0. The van der Waals surface area contributed by atoms with Gasteiger partial charge in [-0.15, -0.1) is 0 Å². The fourth-order valence-electron chi connectivity index (χ4n) is 3.63. The van der Waals surface area contributed by atoms with Crippen LogP contribution in [0.25, 0.3) is 0 Å². The maximum Gasteiger partial charge on any atom is 0.334 e. The molecule has 0 aromatic heterocycles. The first-order valence-corrected chi connectivity index (χ1v) is 9.25. The molecular weight excluding hydrogens is 383 g/mol. The van der Waals surface area contributed by atoms with Gasteiger partial charge in [0.2, 0.25) is 5.72 Å². The molecule has 3 aromatic rings. The van der Waals surface area contributed by atoms with E-state index in [0.717, 1.165) is 16.9 Å². The number of ether oxygens (including phenoxy) is 1. The van der Waals surface area contributed by atoms with Gasteiger partial charge in [0.1, 0.15) is 0 Å². The SMILES string of the molecule is O=C1N(c2ccc(Cl)cc2)C2OC2(c2ccccc2)N1c1ccc(Cl)cc1. The van der Waals surface area contributed by atoms with E-state index < -0.39 is 12.0 Å². The Kier molecular flexibility index (Phi) is 3.69. The number of fused-ring (bicyclic) bond motifs is 1. The lowest BCUT2D eigenvalue weighted by Crippen LogP contribution is -2.40. The van der Waals surface area contributed by atoms with E-state index in [4.69, 9.17) is 27.9 Å². The predicted molar refractivity (Wildman–Crippen MR) is 106 cm³/mol. The second kappa shape index (κ2) is 5.99. The molecule has 2 unspecified atom stereocenters. The molecule has 0 radical (unpaired) electrons. The molecule has 4 nitrogen and oxygen atoms in total. The molecule has 27 heavy (non-hydrogen) atoms. The topological polar surface area (TPSA) is 36.1 Å². The van der Waals surface area contributed by atoms with Crippen molar-refractivity contribution in [3.8, 4) is 0 Å². The Hall–Kier alpha value is -2.53. The van der Waals surface area contributed by atoms with Gasteiger partial charge >= 0.3 is 6.03 Å². The fourth-order valence-corrected chi connectivity index (χ4v) is 3.89. The smallest absolute Gasteiger partial charge is 0.317 e. The molecule has 134 valence electrons. The second-order valence-electron chi connectivity index (χ2n) is 6.47. The molecule has 2 aliphatic heterocycles. The van der Waals surface area contributed by atoms with E-state index in [1.807, 2.05) is 54.6 Å². The van der Waals surface area contributed by atoms with E-state index in [2.05, 4.69) is 0 Å². The van der Waals surface area contributed by atoms with Crippen molar-refractivity contribution in [1.82, 2.24) is 0 Å². The van der Waals surface area contributed by atoms with E-state index >= 15 is 0 Å². The number of carbonyl (C=O) groups excluding carboxylic acids is 1. The van der Waals surface area contributed by atoms with Gasteiger partial charge in [-0.1, -0.05) is 53.5 Å². The highest BCUT2D eigenvalue weighted by molar-refractivity contribution is 6.31. The largest absolute Gasteiger partial charge is 0.334 e. The Labute approximate surface area is 166 Å². The van der Waals surface area contributed by atoms with E-state index in [0.29, 0.717) is 10.0 Å². The van der Waals surface area contributed by atoms with Crippen molar-refractivity contribution in [2.24, 2.45) is 0 Å². The normalized spacial score (nSPS) is 23.5. The van der Waals surface area contributed by atoms with Crippen LogP contribution >= 0.6 is 23.2 Å². The Morgan fingerprint density at radius 3 is 1.93 bits per heavy atom. The minimum absolute atomic E-state index is 0.153. The summed E-state index contributed by atoms with van der Waals surface area (Å²) in [6.07, 6.45) is -0.413. The van der Waals surface area contributed by atoms with E-state index in [1.165, 1.54) is 0 Å². The number of carbonyl (C=O) groups is 1. The van der Waals surface area contributed by atoms with Crippen LogP contribution in [0.4, 0.5) is 16.2 Å². The minimum atomic E-state index is -0.855. The van der Waals surface area contributed by atoms with Crippen molar-refractivity contribution in [1.29, 1.82) is 0 Å². The third-order valence-corrected chi connectivity index (χ3v) is 5.41. The molecule has 0 spiro atoms. The Morgan fingerprint density at radius 1 is 0.778 bits per heavy atom. The summed E-state index contributed by atoms with van der Waals surface area (Å²) in [6.45, 7) is 0. The van der Waals surface area contributed by atoms with Crippen LogP contribution in [0.3, 0.4) is 0 Å². The van der Waals surface area contributed by atoms with Gasteiger partial charge in [0.05, 0.1) is 0 Å². The Bertz CT molecular complexity index is 1010. The van der Waals surface area contributed by atoms with Crippen molar-refractivity contribution in [3.63, 3.8) is 0 Å². The zero-order valence-electron chi connectivity index (χ0n) is 14.0. The van der Waals surface area contributed by atoms with Gasteiger partial charge in [-0.3, -0.25) is 9.80 Å². The fraction of sp³-hybridized carbons (Fsp3) is 0.0952. The molecule has 6 heteroatoms. The number of amides is 2.